The average Bonchev–Trinajstić information content (AvgIpc) is 2.47. The second-order valence-corrected chi connectivity index (χ2v) is 4.29. The number of aromatic carboxylic acids is 1. The fourth-order valence-electron chi connectivity index (χ4n) is 2.17. The molecule has 0 aromatic heterocycles. The SMILES string of the molecule is COc1ccc(C(=O)O)c(Cc2ccccc2)c1OC. The van der Waals surface area contributed by atoms with Crippen molar-refractivity contribution in [3.05, 3.63) is 59.2 Å². The summed E-state index contributed by atoms with van der Waals surface area (Å²) in [5, 5.41) is 9.33. The molecule has 0 fully saturated rings. The topological polar surface area (TPSA) is 55.8 Å². The van der Waals surface area contributed by atoms with Crippen LogP contribution in [0.3, 0.4) is 0 Å². The van der Waals surface area contributed by atoms with E-state index in [4.69, 9.17) is 9.47 Å². The van der Waals surface area contributed by atoms with E-state index in [9.17, 15) is 9.90 Å². The molecule has 0 unspecified atom stereocenters. The number of benzene rings is 2. The van der Waals surface area contributed by atoms with Gasteiger partial charge in [0.25, 0.3) is 0 Å². The molecule has 0 aliphatic carbocycles. The van der Waals surface area contributed by atoms with Gasteiger partial charge in [-0.2, -0.15) is 0 Å². The van der Waals surface area contributed by atoms with Crippen LogP contribution in [-0.4, -0.2) is 25.3 Å². The number of ether oxygens (including phenoxy) is 2. The summed E-state index contributed by atoms with van der Waals surface area (Å²) in [5.41, 5.74) is 1.86. The number of carboxylic acid groups (broad SMARTS) is 1. The Morgan fingerprint density at radius 1 is 1.05 bits per heavy atom. The average molecular weight is 272 g/mol. The zero-order chi connectivity index (χ0) is 14.5. The Labute approximate surface area is 117 Å². The van der Waals surface area contributed by atoms with Crippen LogP contribution in [0.4, 0.5) is 0 Å². The fourth-order valence-corrected chi connectivity index (χ4v) is 2.17. The van der Waals surface area contributed by atoms with E-state index in [0.29, 0.717) is 23.5 Å². The zero-order valence-electron chi connectivity index (χ0n) is 11.4. The van der Waals surface area contributed by atoms with Gasteiger partial charge in [-0.15, -0.1) is 0 Å². The van der Waals surface area contributed by atoms with E-state index < -0.39 is 5.97 Å². The molecule has 0 aliphatic rings. The molecule has 2 aromatic carbocycles. The van der Waals surface area contributed by atoms with Crippen LogP contribution in [0.25, 0.3) is 0 Å². The summed E-state index contributed by atoms with van der Waals surface area (Å²) >= 11 is 0. The molecule has 0 radical (unpaired) electrons. The van der Waals surface area contributed by atoms with E-state index in [1.165, 1.54) is 14.2 Å². The van der Waals surface area contributed by atoms with Crippen molar-refractivity contribution in [3.8, 4) is 11.5 Å². The van der Waals surface area contributed by atoms with Gasteiger partial charge in [0.2, 0.25) is 0 Å². The summed E-state index contributed by atoms with van der Waals surface area (Å²) in [6.45, 7) is 0. The first-order valence-electron chi connectivity index (χ1n) is 6.18. The molecule has 0 aliphatic heterocycles. The molecule has 20 heavy (non-hydrogen) atoms. The van der Waals surface area contributed by atoms with Gasteiger partial charge < -0.3 is 14.6 Å². The Morgan fingerprint density at radius 3 is 2.30 bits per heavy atom. The quantitative estimate of drug-likeness (QED) is 0.909. The Kier molecular flexibility index (Phi) is 4.25. The number of rotatable bonds is 5. The third-order valence-electron chi connectivity index (χ3n) is 3.10. The minimum absolute atomic E-state index is 0.228. The summed E-state index contributed by atoms with van der Waals surface area (Å²) in [4.78, 5) is 11.4. The molecule has 0 heterocycles. The third-order valence-corrected chi connectivity index (χ3v) is 3.10. The second-order valence-electron chi connectivity index (χ2n) is 4.29. The molecule has 0 amide bonds. The van der Waals surface area contributed by atoms with E-state index in [0.717, 1.165) is 5.56 Å². The molecule has 1 N–H and O–H groups in total. The highest BCUT2D eigenvalue weighted by Gasteiger charge is 2.19. The van der Waals surface area contributed by atoms with Crippen molar-refractivity contribution in [1.29, 1.82) is 0 Å². The molecule has 0 bridgehead atoms. The Balaban J connectivity index is 2.55. The van der Waals surface area contributed by atoms with E-state index in [1.807, 2.05) is 30.3 Å². The van der Waals surface area contributed by atoms with Crippen molar-refractivity contribution in [1.82, 2.24) is 0 Å². The maximum atomic E-state index is 11.4. The summed E-state index contributed by atoms with van der Waals surface area (Å²) in [5.74, 6) is 0.0246. The van der Waals surface area contributed by atoms with Crippen LogP contribution in [-0.2, 0) is 6.42 Å². The Hall–Kier alpha value is -2.49. The van der Waals surface area contributed by atoms with Gasteiger partial charge in [0.15, 0.2) is 11.5 Å². The predicted molar refractivity (Wildman–Crippen MR) is 75.8 cm³/mol. The van der Waals surface area contributed by atoms with Gasteiger partial charge in [0.1, 0.15) is 0 Å². The molecular formula is C16H16O4. The first-order valence-corrected chi connectivity index (χ1v) is 6.18. The molecule has 2 rings (SSSR count). The summed E-state index contributed by atoms with van der Waals surface area (Å²) in [6.07, 6.45) is 0.475. The number of hydrogen-bond acceptors (Lipinski definition) is 3. The molecule has 0 spiro atoms. The molecular weight excluding hydrogens is 256 g/mol. The highest BCUT2D eigenvalue weighted by Crippen LogP contribution is 2.35. The van der Waals surface area contributed by atoms with Crippen LogP contribution >= 0.6 is 0 Å². The first kappa shape index (κ1) is 13.9. The van der Waals surface area contributed by atoms with Gasteiger partial charge in [-0.3, -0.25) is 0 Å². The summed E-state index contributed by atoms with van der Waals surface area (Å²) in [6, 6.07) is 12.8. The lowest BCUT2D eigenvalue weighted by molar-refractivity contribution is 0.0695. The fraction of sp³-hybridized carbons (Fsp3) is 0.188. The lowest BCUT2D eigenvalue weighted by Gasteiger charge is -2.15. The predicted octanol–water partition coefficient (Wildman–Crippen LogP) is 2.99. The van der Waals surface area contributed by atoms with Gasteiger partial charge >= 0.3 is 5.97 Å². The highest BCUT2D eigenvalue weighted by atomic mass is 16.5. The first-order chi connectivity index (χ1) is 9.67. The standard InChI is InChI=1S/C16H16O4/c1-19-14-9-8-12(16(17)18)13(15(14)20-2)10-11-6-4-3-5-7-11/h3-9H,10H2,1-2H3,(H,17,18). The van der Waals surface area contributed by atoms with E-state index >= 15 is 0 Å². The number of carbonyl (C=O) groups is 1. The maximum absolute atomic E-state index is 11.4. The molecule has 0 saturated heterocycles. The van der Waals surface area contributed by atoms with Crippen LogP contribution in [0.15, 0.2) is 42.5 Å². The van der Waals surface area contributed by atoms with Crippen LogP contribution in [0.1, 0.15) is 21.5 Å². The van der Waals surface area contributed by atoms with Crippen molar-refractivity contribution in [2.45, 2.75) is 6.42 Å². The largest absolute Gasteiger partial charge is 0.493 e. The van der Waals surface area contributed by atoms with Gasteiger partial charge in [-0.05, 0) is 17.7 Å². The van der Waals surface area contributed by atoms with Crippen LogP contribution in [0.2, 0.25) is 0 Å². The summed E-state index contributed by atoms with van der Waals surface area (Å²) < 4.78 is 10.6. The minimum Gasteiger partial charge on any atom is -0.493 e. The highest BCUT2D eigenvalue weighted by molar-refractivity contribution is 5.91. The van der Waals surface area contributed by atoms with Gasteiger partial charge in [0.05, 0.1) is 19.8 Å². The van der Waals surface area contributed by atoms with Crippen molar-refractivity contribution >= 4 is 5.97 Å². The Bertz CT molecular complexity index is 605. The normalized spacial score (nSPS) is 10.1. The lowest BCUT2D eigenvalue weighted by Crippen LogP contribution is -2.06. The molecule has 2 aromatic rings. The smallest absolute Gasteiger partial charge is 0.336 e. The van der Waals surface area contributed by atoms with Crippen LogP contribution in [0.5, 0.6) is 11.5 Å². The van der Waals surface area contributed by atoms with Crippen LogP contribution in [0, 0.1) is 0 Å². The second kappa shape index (κ2) is 6.10. The molecule has 4 heteroatoms. The van der Waals surface area contributed by atoms with Crippen molar-refractivity contribution in [2.75, 3.05) is 14.2 Å². The van der Waals surface area contributed by atoms with Gasteiger partial charge in [0, 0.05) is 12.0 Å². The third kappa shape index (κ3) is 2.74. The minimum atomic E-state index is -0.975. The lowest BCUT2D eigenvalue weighted by atomic mass is 9.98. The van der Waals surface area contributed by atoms with Crippen molar-refractivity contribution < 1.29 is 19.4 Å². The number of carboxylic acids is 1. The number of methoxy groups -OCH3 is 2. The van der Waals surface area contributed by atoms with E-state index in [-0.39, 0.29) is 5.56 Å². The molecule has 4 nitrogen and oxygen atoms in total. The van der Waals surface area contributed by atoms with E-state index in [1.54, 1.807) is 12.1 Å². The van der Waals surface area contributed by atoms with E-state index in [2.05, 4.69) is 0 Å². The van der Waals surface area contributed by atoms with Crippen molar-refractivity contribution in [3.63, 3.8) is 0 Å². The van der Waals surface area contributed by atoms with Gasteiger partial charge in [-0.25, -0.2) is 4.79 Å². The monoisotopic (exact) mass is 272 g/mol. The van der Waals surface area contributed by atoms with Gasteiger partial charge in [-0.1, -0.05) is 30.3 Å². The molecule has 104 valence electrons. The maximum Gasteiger partial charge on any atom is 0.336 e. The zero-order valence-corrected chi connectivity index (χ0v) is 11.4. The molecule has 0 saturated carbocycles. The van der Waals surface area contributed by atoms with Crippen molar-refractivity contribution in [2.24, 2.45) is 0 Å². The Morgan fingerprint density at radius 2 is 1.75 bits per heavy atom. The molecule has 0 atom stereocenters. The number of hydrogen-bond donors (Lipinski definition) is 1. The van der Waals surface area contributed by atoms with Crippen LogP contribution < -0.4 is 9.47 Å². The summed E-state index contributed by atoms with van der Waals surface area (Å²) in [7, 11) is 3.04.